The van der Waals surface area contributed by atoms with Gasteiger partial charge in [-0.25, -0.2) is 17.6 Å². The molecule has 1 aliphatic rings. The van der Waals surface area contributed by atoms with Crippen molar-refractivity contribution in [2.45, 2.75) is 6.42 Å². The van der Waals surface area contributed by atoms with Gasteiger partial charge in [0.2, 0.25) is 15.0 Å². The number of ether oxygens (including phenoxy) is 1. The summed E-state index contributed by atoms with van der Waals surface area (Å²) in [5.41, 5.74) is 0.0161. The van der Waals surface area contributed by atoms with Crippen LogP contribution in [0.1, 0.15) is 16.8 Å². The summed E-state index contributed by atoms with van der Waals surface area (Å²) in [6.07, 6.45) is -0.0237. The number of carbonyl (C=O) groups is 2. The first-order chi connectivity index (χ1) is 10.2. The van der Waals surface area contributed by atoms with Crippen molar-refractivity contribution < 1.29 is 27.1 Å². The van der Waals surface area contributed by atoms with Crippen molar-refractivity contribution in [1.29, 1.82) is 0 Å². The van der Waals surface area contributed by atoms with Crippen LogP contribution in [0.3, 0.4) is 0 Å². The first-order valence-corrected chi connectivity index (χ1v) is 8.79. The molecule has 2 rings (SSSR count). The van der Waals surface area contributed by atoms with Crippen LogP contribution >= 0.6 is 10.7 Å². The van der Waals surface area contributed by atoms with E-state index in [2.05, 4.69) is 4.74 Å². The van der Waals surface area contributed by atoms with Crippen molar-refractivity contribution in [2.24, 2.45) is 5.92 Å². The SMILES string of the molecule is COC(=O)c1ccc(N2CC(CS(=O)(=O)Cl)CC2=O)c(F)c1. The maximum absolute atomic E-state index is 14.1. The van der Waals surface area contributed by atoms with Crippen molar-refractivity contribution in [3.05, 3.63) is 29.6 Å². The lowest BCUT2D eigenvalue weighted by Gasteiger charge is -2.17. The summed E-state index contributed by atoms with van der Waals surface area (Å²) in [6.45, 7) is 0.0548. The van der Waals surface area contributed by atoms with Crippen molar-refractivity contribution in [3.63, 3.8) is 0 Å². The molecule has 120 valence electrons. The Morgan fingerprint density at radius 3 is 2.73 bits per heavy atom. The Bertz CT molecular complexity index is 721. The van der Waals surface area contributed by atoms with Gasteiger partial charge in [0.05, 0.1) is 24.1 Å². The summed E-state index contributed by atoms with van der Waals surface area (Å²) in [5, 5.41) is 0. The smallest absolute Gasteiger partial charge is 0.337 e. The lowest BCUT2D eigenvalue weighted by Crippen LogP contribution is -2.26. The molecule has 9 heteroatoms. The maximum atomic E-state index is 14.1. The normalized spacial score (nSPS) is 18.6. The largest absolute Gasteiger partial charge is 0.465 e. The van der Waals surface area contributed by atoms with Crippen molar-refractivity contribution >= 4 is 37.3 Å². The van der Waals surface area contributed by atoms with E-state index in [1.165, 1.54) is 19.2 Å². The topological polar surface area (TPSA) is 80.8 Å². The number of hydrogen-bond donors (Lipinski definition) is 0. The maximum Gasteiger partial charge on any atom is 0.337 e. The molecule has 1 unspecified atom stereocenters. The first-order valence-electron chi connectivity index (χ1n) is 6.32. The molecule has 1 saturated heterocycles. The molecule has 1 aromatic rings. The molecule has 1 amide bonds. The van der Waals surface area contributed by atoms with Gasteiger partial charge in [-0.2, -0.15) is 0 Å². The van der Waals surface area contributed by atoms with Gasteiger partial charge in [-0.3, -0.25) is 4.79 Å². The fraction of sp³-hybridized carbons (Fsp3) is 0.385. The Kier molecular flexibility index (Phi) is 4.72. The number of amides is 1. The van der Waals surface area contributed by atoms with Crippen LogP contribution in [0.4, 0.5) is 10.1 Å². The van der Waals surface area contributed by atoms with Gasteiger partial charge in [0.15, 0.2) is 0 Å². The summed E-state index contributed by atoms with van der Waals surface area (Å²) in [7, 11) is 2.62. The van der Waals surface area contributed by atoms with E-state index in [9.17, 15) is 22.4 Å². The van der Waals surface area contributed by atoms with Crippen LogP contribution in [-0.4, -0.2) is 39.7 Å². The van der Waals surface area contributed by atoms with Crippen molar-refractivity contribution in [1.82, 2.24) is 0 Å². The standard InChI is InChI=1S/C13H13ClFNO5S/c1-21-13(18)9-2-3-11(10(15)5-9)16-6-8(4-12(16)17)7-22(14,19)20/h2-3,5,8H,4,6-7H2,1H3. The molecule has 1 heterocycles. The Balaban J connectivity index is 2.22. The molecule has 1 aromatic carbocycles. The van der Waals surface area contributed by atoms with Crippen LogP contribution in [0.15, 0.2) is 18.2 Å². The van der Waals surface area contributed by atoms with E-state index in [0.29, 0.717) is 0 Å². The summed E-state index contributed by atoms with van der Waals surface area (Å²) in [6, 6.07) is 3.60. The molecule has 0 saturated carbocycles. The molecule has 0 aliphatic carbocycles. The van der Waals surface area contributed by atoms with Crippen LogP contribution in [0.25, 0.3) is 0 Å². The third kappa shape index (κ3) is 3.75. The van der Waals surface area contributed by atoms with Crippen LogP contribution in [-0.2, 0) is 18.6 Å². The fourth-order valence-electron chi connectivity index (χ4n) is 2.38. The van der Waals surface area contributed by atoms with E-state index in [4.69, 9.17) is 10.7 Å². The summed E-state index contributed by atoms with van der Waals surface area (Å²) in [5.74, 6) is -2.68. The van der Waals surface area contributed by atoms with E-state index >= 15 is 0 Å². The number of nitrogens with zero attached hydrogens (tertiary/aromatic N) is 1. The highest BCUT2D eigenvalue weighted by Crippen LogP contribution is 2.29. The zero-order valence-corrected chi connectivity index (χ0v) is 13.2. The van der Waals surface area contributed by atoms with E-state index in [-0.39, 0.29) is 30.0 Å². The molecule has 0 aromatic heterocycles. The fourth-order valence-corrected chi connectivity index (χ4v) is 3.70. The highest BCUT2D eigenvalue weighted by molar-refractivity contribution is 8.13. The summed E-state index contributed by atoms with van der Waals surface area (Å²) in [4.78, 5) is 24.4. The minimum Gasteiger partial charge on any atom is -0.465 e. The number of carbonyl (C=O) groups excluding carboxylic acids is 2. The van der Waals surface area contributed by atoms with E-state index < -0.39 is 32.7 Å². The molecule has 1 fully saturated rings. The highest BCUT2D eigenvalue weighted by Gasteiger charge is 2.34. The monoisotopic (exact) mass is 349 g/mol. The van der Waals surface area contributed by atoms with Gasteiger partial charge in [-0.15, -0.1) is 0 Å². The van der Waals surface area contributed by atoms with Crippen molar-refractivity contribution in [3.8, 4) is 0 Å². The molecule has 0 spiro atoms. The molecular weight excluding hydrogens is 337 g/mol. The number of anilines is 1. The average molecular weight is 350 g/mol. The number of benzene rings is 1. The third-order valence-corrected chi connectivity index (χ3v) is 4.55. The Hall–Kier alpha value is -1.67. The second kappa shape index (κ2) is 6.21. The number of halogens is 2. The zero-order valence-electron chi connectivity index (χ0n) is 11.6. The molecule has 0 radical (unpaired) electrons. The van der Waals surface area contributed by atoms with Gasteiger partial charge >= 0.3 is 5.97 Å². The molecule has 6 nitrogen and oxygen atoms in total. The predicted molar refractivity (Wildman–Crippen MR) is 77.8 cm³/mol. The molecule has 1 atom stereocenters. The summed E-state index contributed by atoms with van der Waals surface area (Å²) < 4.78 is 40.7. The lowest BCUT2D eigenvalue weighted by atomic mass is 10.1. The van der Waals surface area contributed by atoms with Crippen LogP contribution < -0.4 is 4.90 Å². The van der Waals surface area contributed by atoms with Gasteiger partial charge in [0, 0.05) is 29.6 Å². The number of esters is 1. The van der Waals surface area contributed by atoms with Gasteiger partial charge in [-0.05, 0) is 18.2 Å². The second-order valence-corrected chi connectivity index (χ2v) is 7.76. The third-order valence-electron chi connectivity index (χ3n) is 3.30. The molecule has 1 aliphatic heterocycles. The Morgan fingerprint density at radius 2 is 2.18 bits per heavy atom. The Labute approximate surface area is 131 Å². The molecular formula is C13H13ClFNO5S. The van der Waals surface area contributed by atoms with Crippen LogP contribution in [0, 0.1) is 11.7 Å². The molecule has 22 heavy (non-hydrogen) atoms. The van der Waals surface area contributed by atoms with E-state index in [0.717, 1.165) is 11.0 Å². The number of rotatable bonds is 4. The highest BCUT2D eigenvalue weighted by atomic mass is 35.7. The van der Waals surface area contributed by atoms with Gasteiger partial charge in [-0.1, -0.05) is 0 Å². The summed E-state index contributed by atoms with van der Waals surface area (Å²) >= 11 is 0. The molecule has 0 bridgehead atoms. The number of hydrogen-bond acceptors (Lipinski definition) is 5. The van der Waals surface area contributed by atoms with E-state index in [1.807, 2.05) is 0 Å². The quantitative estimate of drug-likeness (QED) is 0.608. The minimum absolute atomic E-state index is 0.00729. The number of methoxy groups -OCH3 is 1. The predicted octanol–water partition coefficient (Wildman–Crippen LogP) is 1.53. The minimum atomic E-state index is -3.73. The van der Waals surface area contributed by atoms with E-state index in [1.54, 1.807) is 0 Å². The van der Waals surface area contributed by atoms with Crippen molar-refractivity contribution in [2.75, 3.05) is 24.3 Å². The van der Waals surface area contributed by atoms with Crippen LogP contribution in [0.2, 0.25) is 0 Å². The first kappa shape index (κ1) is 16.7. The second-order valence-electron chi connectivity index (χ2n) is 4.94. The van der Waals surface area contributed by atoms with Crippen LogP contribution in [0.5, 0.6) is 0 Å². The zero-order chi connectivity index (χ0) is 16.5. The van der Waals surface area contributed by atoms with Gasteiger partial charge in [0.1, 0.15) is 5.82 Å². The van der Waals surface area contributed by atoms with Gasteiger partial charge < -0.3 is 9.64 Å². The Morgan fingerprint density at radius 1 is 1.50 bits per heavy atom. The molecule has 0 N–H and O–H groups in total. The lowest BCUT2D eigenvalue weighted by molar-refractivity contribution is -0.117. The van der Waals surface area contributed by atoms with Gasteiger partial charge in [0.25, 0.3) is 0 Å². The average Bonchev–Trinajstić information content (AvgIpc) is 2.76.